The second kappa shape index (κ2) is 7.85. The Labute approximate surface area is 122 Å². The molecule has 0 radical (unpaired) electrons. The largest absolute Gasteiger partial charge is 0.311 e. The van der Waals surface area contributed by atoms with Crippen LogP contribution >= 0.6 is 0 Å². The van der Waals surface area contributed by atoms with E-state index in [9.17, 15) is 0 Å². The van der Waals surface area contributed by atoms with E-state index in [0.717, 1.165) is 38.2 Å². The van der Waals surface area contributed by atoms with Crippen LogP contribution in [0.5, 0.6) is 0 Å². The summed E-state index contributed by atoms with van der Waals surface area (Å²) in [6, 6.07) is 12.7. The first kappa shape index (κ1) is 14.8. The van der Waals surface area contributed by atoms with Crippen LogP contribution in [0.3, 0.4) is 0 Å². The molecule has 0 amide bonds. The van der Waals surface area contributed by atoms with Crippen LogP contribution in [0.1, 0.15) is 31.5 Å². The summed E-state index contributed by atoms with van der Waals surface area (Å²) in [5.74, 6) is 0.683. The van der Waals surface area contributed by atoms with Crippen molar-refractivity contribution in [1.82, 2.24) is 15.1 Å². The second-order valence-corrected chi connectivity index (χ2v) is 5.68. The molecule has 0 saturated carbocycles. The predicted molar refractivity (Wildman–Crippen MR) is 83.5 cm³/mol. The molecule has 0 spiro atoms. The van der Waals surface area contributed by atoms with Crippen molar-refractivity contribution >= 4 is 0 Å². The van der Waals surface area contributed by atoms with Crippen LogP contribution in [0.15, 0.2) is 42.6 Å². The molecular weight excluding hydrogens is 246 g/mol. The summed E-state index contributed by atoms with van der Waals surface area (Å²) in [5.41, 5.74) is 2.53. The van der Waals surface area contributed by atoms with E-state index in [4.69, 9.17) is 0 Å². The SMILES string of the molecule is CC(C)CNCc1ccn(CCCc2ccccc2)n1. The summed E-state index contributed by atoms with van der Waals surface area (Å²) < 4.78 is 2.05. The average Bonchev–Trinajstić information content (AvgIpc) is 2.87. The zero-order valence-corrected chi connectivity index (χ0v) is 12.5. The molecule has 0 aliphatic carbocycles. The molecule has 0 saturated heterocycles. The van der Waals surface area contributed by atoms with E-state index < -0.39 is 0 Å². The lowest BCUT2D eigenvalue weighted by Gasteiger charge is -2.05. The van der Waals surface area contributed by atoms with Crippen molar-refractivity contribution in [2.24, 2.45) is 5.92 Å². The van der Waals surface area contributed by atoms with E-state index in [2.05, 4.69) is 71.5 Å². The van der Waals surface area contributed by atoms with E-state index in [1.807, 2.05) is 0 Å². The van der Waals surface area contributed by atoms with Gasteiger partial charge in [-0.15, -0.1) is 0 Å². The van der Waals surface area contributed by atoms with Gasteiger partial charge in [-0.25, -0.2) is 0 Å². The molecule has 3 nitrogen and oxygen atoms in total. The number of rotatable bonds is 8. The summed E-state index contributed by atoms with van der Waals surface area (Å²) >= 11 is 0. The molecule has 1 aromatic heterocycles. The van der Waals surface area contributed by atoms with Gasteiger partial charge < -0.3 is 5.32 Å². The Kier molecular flexibility index (Phi) is 5.81. The lowest BCUT2D eigenvalue weighted by atomic mass is 10.1. The highest BCUT2D eigenvalue weighted by molar-refractivity contribution is 5.14. The van der Waals surface area contributed by atoms with E-state index in [0.29, 0.717) is 5.92 Å². The number of aryl methyl sites for hydroxylation is 2. The highest BCUT2D eigenvalue weighted by Gasteiger charge is 2.00. The fraction of sp³-hybridized carbons (Fsp3) is 0.471. The third kappa shape index (κ3) is 5.17. The summed E-state index contributed by atoms with van der Waals surface area (Å²) in [5, 5.41) is 8.01. The van der Waals surface area contributed by atoms with Gasteiger partial charge in [0.05, 0.1) is 5.69 Å². The Morgan fingerprint density at radius 3 is 2.70 bits per heavy atom. The van der Waals surface area contributed by atoms with Crippen LogP contribution in [0.2, 0.25) is 0 Å². The lowest BCUT2D eigenvalue weighted by Crippen LogP contribution is -2.19. The molecule has 0 aliphatic heterocycles. The van der Waals surface area contributed by atoms with Gasteiger partial charge in [-0.3, -0.25) is 4.68 Å². The molecule has 1 heterocycles. The molecule has 1 aromatic carbocycles. The third-order valence-corrected chi connectivity index (χ3v) is 3.25. The van der Waals surface area contributed by atoms with E-state index in [1.54, 1.807) is 0 Å². The van der Waals surface area contributed by atoms with Gasteiger partial charge in [0, 0.05) is 19.3 Å². The summed E-state index contributed by atoms with van der Waals surface area (Å²) in [7, 11) is 0. The predicted octanol–water partition coefficient (Wildman–Crippen LogP) is 3.26. The van der Waals surface area contributed by atoms with Gasteiger partial charge >= 0.3 is 0 Å². The molecule has 0 fully saturated rings. The zero-order valence-electron chi connectivity index (χ0n) is 12.5. The molecule has 3 heteroatoms. The minimum Gasteiger partial charge on any atom is -0.311 e. The molecular formula is C17H25N3. The highest BCUT2D eigenvalue weighted by atomic mass is 15.3. The standard InChI is InChI=1S/C17H25N3/c1-15(2)13-18-14-17-10-12-20(19-17)11-6-9-16-7-4-3-5-8-16/h3-5,7-8,10,12,15,18H,6,9,11,13-14H2,1-2H3. The van der Waals surface area contributed by atoms with Crippen LogP contribution in [0.25, 0.3) is 0 Å². The van der Waals surface area contributed by atoms with Gasteiger partial charge in [0.25, 0.3) is 0 Å². The molecule has 2 aromatic rings. The number of nitrogens with one attached hydrogen (secondary N) is 1. The Balaban J connectivity index is 1.70. The van der Waals surface area contributed by atoms with Crippen molar-refractivity contribution in [2.45, 2.75) is 39.8 Å². The van der Waals surface area contributed by atoms with Crippen LogP contribution in [0.4, 0.5) is 0 Å². The summed E-state index contributed by atoms with van der Waals surface area (Å²) in [4.78, 5) is 0. The van der Waals surface area contributed by atoms with E-state index in [-0.39, 0.29) is 0 Å². The molecule has 108 valence electrons. The van der Waals surface area contributed by atoms with Gasteiger partial charge in [0.2, 0.25) is 0 Å². The molecule has 0 aliphatic rings. The van der Waals surface area contributed by atoms with Crippen molar-refractivity contribution in [3.63, 3.8) is 0 Å². The summed E-state index contributed by atoms with van der Waals surface area (Å²) in [6.45, 7) is 7.33. The van der Waals surface area contributed by atoms with Gasteiger partial charge in [0.15, 0.2) is 0 Å². The van der Waals surface area contributed by atoms with Gasteiger partial charge in [-0.2, -0.15) is 5.10 Å². The van der Waals surface area contributed by atoms with Crippen molar-refractivity contribution < 1.29 is 0 Å². The molecule has 1 N–H and O–H groups in total. The maximum atomic E-state index is 4.59. The number of aromatic nitrogens is 2. The first-order valence-corrected chi connectivity index (χ1v) is 7.51. The Morgan fingerprint density at radius 1 is 1.15 bits per heavy atom. The van der Waals surface area contributed by atoms with Crippen LogP contribution in [0, 0.1) is 5.92 Å². The van der Waals surface area contributed by atoms with Crippen LogP contribution in [-0.2, 0) is 19.5 Å². The van der Waals surface area contributed by atoms with Crippen LogP contribution < -0.4 is 5.32 Å². The molecule has 0 atom stereocenters. The quantitative estimate of drug-likeness (QED) is 0.798. The van der Waals surface area contributed by atoms with Gasteiger partial charge in [0.1, 0.15) is 0 Å². The fourth-order valence-electron chi connectivity index (χ4n) is 2.20. The molecule has 20 heavy (non-hydrogen) atoms. The van der Waals surface area contributed by atoms with E-state index in [1.165, 1.54) is 5.56 Å². The maximum Gasteiger partial charge on any atom is 0.0762 e. The lowest BCUT2D eigenvalue weighted by molar-refractivity contribution is 0.533. The van der Waals surface area contributed by atoms with E-state index >= 15 is 0 Å². The first-order chi connectivity index (χ1) is 9.74. The Hall–Kier alpha value is -1.61. The van der Waals surface area contributed by atoms with Gasteiger partial charge in [-0.1, -0.05) is 44.2 Å². The van der Waals surface area contributed by atoms with Crippen molar-refractivity contribution in [3.05, 3.63) is 53.9 Å². The number of hydrogen-bond donors (Lipinski definition) is 1. The summed E-state index contributed by atoms with van der Waals surface area (Å²) in [6.07, 6.45) is 4.32. The second-order valence-electron chi connectivity index (χ2n) is 5.68. The smallest absolute Gasteiger partial charge is 0.0762 e. The van der Waals surface area contributed by atoms with Crippen LogP contribution in [-0.4, -0.2) is 16.3 Å². The maximum absolute atomic E-state index is 4.59. The fourth-order valence-corrected chi connectivity index (χ4v) is 2.20. The minimum absolute atomic E-state index is 0.683. The Morgan fingerprint density at radius 2 is 1.95 bits per heavy atom. The first-order valence-electron chi connectivity index (χ1n) is 7.51. The third-order valence-electron chi connectivity index (χ3n) is 3.25. The monoisotopic (exact) mass is 271 g/mol. The topological polar surface area (TPSA) is 29.9 Å². The van der Waals surface area contributed by atoms with Crippen molar-refractivity contribution in [3.8, 4) is 0 Å². The minimum atomic E-state index is 0.683. The highest BCUT2D eigenvalue weighted by Crippen LogP contribution is 2.04. The van der Waals surface area contributed by atoms with Crippen molar-refractivity contribution in [1.29, 1.82) is 0 Å². The number of benzene rings is 1. The van der Waals surface area contributed by atoms with Crippen molar-refractivity contribution in [2.75, 3.05) is 6.54 Å². The zero-order chi connectivity index (χ0) is 14.2. The normalized spacial score (nSPS) is 11.2. The Bertz CT molecular complexity index is 488. The number of hydrogen-bond acceptors (Lipinski definition) is 2. The van der Waals surface area contributed by atoms with Gasteiger partial charge in [-0.05, 0) is 36.9 Å². The molecule has 2 rings (SSSR count). The molecule has 0 bridgehead atoms. The molecule has 0 unspecified atom stereocenters. The average molecular weight is 271 g/mol. The number of nitrogens with zero attached hydrogens (tertiary/aromatic N) is 2.